The Morgan fingerprint density at radius 3 is 2.59 bits per heavy atom. The average Bonchev–Trinajstić information content (AvgIpc) is 3.42. The van der Waals surface area contributed by atoms with E-state index in [1.165, 1.54) is 0 Å². The third-order valence-corrected chi connectivity index (χ3v) is 7.73. The van der Waals surface area contributed by atoms with Gasteiger partial charge in [0.05, 0.1) is 27.9 Å². The van der Waals surface area contributed by atoms with Crippen molar-refractivity contribution < 1.29 is 23.5 Å². The summed E-state index contributed by atoms with van der Waals surface area (Å²) >= 11 is 0.935. The van der Waals surface area contributed by atoms with Crippen LogP contribution in [-0.4, -0.2) is 44.2 Å². The van der Waals surface area contributed by atoms with Gasteiger partial charge in [-0.2, -0.15) is 0 Å². The number of carbonyl (C=O) groups excluding carboxylic acids is 2. The summed E-state index contributed by atoms with van der Waals surface area (Å²) in [6, 6.07) is 6.61. The Kier molecular flexibility index (Phi) is 7.25. The number of nitrogens with one attached hydrogen (secondary N) is 2. The predicted molar refractivity (Wildman–Crippen MR) is 148 cm³/mol. The fourth-order valence-corrected chi connectivity index (χ4v) is 5.86. The Labute approximate surface area is 227 Å². The van der Waals surface area contributed by atoms with Crippen molar-refractivity contribution in [3.05, 3.63) is 42.0 Å². The number of hydrogen-bond acceptors (Lipinski definition) is 6. The van der Waals surface area contributed by atoms with Crippen LogP contribution in [0.3, 0.4) is 0 Å². The molecule has 206 valence electrons. The number of aliphatic hydroxyl groups is 1. The lowest BCUT2D eigenvalue weighted by molar-refractivity contribution is -0.123. The van der Waals surface area contributed by atoms with Crippen molar-refractivity contribution in [2.75, 3.05) is 22.6 Å². The van der Waals surface area contributed by atoms with Crippen molar-refractivity contribution in [3.8, 4) is 0 Å². The van der Waals surface area contributed by atoms with E-state index in [2.05, 4.69) is 20.6 Å². The van der Waals surface area contributed by atoms with E-state index in [0.29, 0.717) is 16.7 Å². The van der Waals surface area contributed by atoms with Gasteiger partial charge in [0.1, 0.15) is 11.3 Å². The van der Waals surface area contributed by atoms with Crippen LogP contribution >= 0.6 is 11.3 Å². The van der Waals surface area contributed by atoms with Crippen LogP contribution in [0.15, 0.2) is 30.3 Å². The third kappa shape index (κ3) is 5.86. The zero-order valence-electron chi connectivity index (χ0n) is 21.9. The van der Waals surface area contributed by atoms with E-state index < -0.39 is 23.3 Å². The maximum atomic E-state index is 14.0. The van der Waals surface area contributed by atoms with Crippen LogP contribution in [-0.2, 0) is 11.3 Å². The fraction of sp³-hybridized carbons (Fsp3) is 0.407. The molecule has 0 aliphatic heterocycles. The molecule has 12 heteroatoms. The van der Waals surface area contributed by atoms with Gasteiger partial charge in [0.15, 0.2) is 10.9 Å². The zero-order chi connectivity index (χ0) is 27.9. The number of aromatic nitrogens is 3. The SMILES string of the molecule is CN(C(=O)C1CCCCC1)c1ccc2c(c1)nc(NC(=O)Nc1nc3c(F)cc(F)cc3s1)n2CC(C)(C)O. The van der Waals surface area contributed by atoms with Crippen molar-refractivity contribution in [2.45, 2.75) is 58.1 Å². The van der Waals surface area contributed by atoms with Crippen molar-refractivity contribution in [2.24, 2.45) is 5.92 Å². The maximum absolute atomic E-state index is 14.0. The van der Waals surface area contributed by atoms with Crippen molar-refractivity contribution in [1.82, 2.24) is 14.5 Å². The Hall–Kier alpha value is -3.64. The molecule has 5 rings (SSSR count). The monoisotopic (exact) mass is 556 g/mol. The molecule has 0 spiro atoms. The highest BCUT2D eigenvalue weighted by Gasteiger charge is 2.26. The number of thiazole rings is 1. The van der Waals surface area contributed by atoms with Crippen LogP contribution in [0.4, 0.5) is 30.3 Å². The molecule has 3 N–H and O–H groups in total. The number of rotatable bonds is 6. The molecule has 0 radical (unpaired) electrons. The van der Waals surface area contributed by atoms with Crippen LogP contribution in [0.1, 0.15) is 46.0 Å². The predicted octanol–water partition coefficient (Wildman–Crippen LogP) is 5.88. The first-order chi connectivity index (χ1) is 18.5. The number of urea groups is 1. The molecule has 0 saturated heterocycles. The number of amides is 3. The van der Waals surface area contributed by atoms with Gasteiger partial charge >= 0.3 is 6.03 Å². The largest absolute Gasteiger partial charge is 0.389 e. The molecule has 4 aromatic rings. The second kappa shape index (κ2) is 10.5. The van der Waals surface area contributed by atoms with Crippen LogP contribution < -0.4 is 15.5 Å². The van der Waals surface area contributed by atoms with E-state index in [9.17, 15) is 23.5 Å². The highest BCUT2D eigenvalue weighted by atomic mass is 32.1. The van der Waals surface area contributed by atoms with Crippen LogP contribution in [0.25, 0.3) is 21.3 Å². The summed E-state index contributed by atoms with van der Waals surface area (Å²) in [7, 11) is 1.76. The van der Waals surface area contributed by atoms with Gasteiger partial charge in [0.25, 0.3) is 0 Å². The quantitative estimate of drug-likeness (QED) is 0.275. The Bertz CT molecular complexity index is 1550. The molecule has 2 aromatic heterocycles. The minimum absolute atomic E-state index is 0.0144. The van der Waals surface area contributed by atoms with E-state index in [0.717, 1.165) is 55.6 Å². The summed E-state index contributed by atoms with van der Waals surface area (Å²) in [4.78, 5) is 36.2. The minimum atomic E-state index is -1.12. The topological polar surface area (TPSA) is 112 Å². The zero-order valence-corrected chi connectivity index (χ0v) is 22.7. The third-order valence-electron chi connectivity index (χ3n) is 6.81. The lowest BCUT2D eigenvalue weighted by Crippen LogP contribution is -2.33. The Balaban J connectivity index is 1.41. The van der Waals surface area contributed by atoms with Gasteiger partial charge in [-0.3, -0.25) is 15.4 Å². The van der Waals surface area contributed by atoms with Crippen molar-refractivity contribution in [3.63, 3.8) is 0 Å². The molecule has 3 amide bonds. The molecule has 1 saturated carbocycles. The number of hydrogen-bond donors (Lipinski definition) is 3. The second-order valence-electron chi connectivity index (χ2n) is 10.6. The summed E-state index contributed by atoms with van der Waals surface area (Å²) in [6.45, 7) is 3.41. The second-order valence-corrected chi connectivity index (χ2v) is 11.6. The minimum Gasteiger partial charge on any atom is -0.389 e. The summed E-state index contributed by atoms with van der Waals surface area (Å²) < 4.78 is 29.5. The molecule has 0 atom stereocenters. The van der Waals surface area contributed by atoms with E-state index in [1.54, 1.807) is 36.4 Å². The number of carbonyl (C=O) groups is 2. The average molecular weight is 557 g/mol. The number of halogens is 2. The molecule has 0 unspecified atom stereocenters. The molecule has 0 bridgehead atoms. The molecule has 1 fully saturated rings. The summed E-state index contributed by atoms with van der Waals surface area (Å²) in [5.74, 6) is -1.29. The van der Waals surface area contributed by atoms with Crippen LogP contribution in [0.2, 0.25) is 0 Å². The van der Waals surface area contributed by atoms with Crippen LogP contribution in [0.5, 0.6) is 0 Å². The molecule has 1 aliphatic rings. The van der Waals surface area contributed by atoms with Gasteiger partial charge in [0, 0.05) is 24.7 Å². The van der Waals surface area contributed by atoms with Gasteiger partial charge < -0.3 is 14.6 Å². The number of imidazole rings is 1. The van der Waals surface area contributed by atoms with E-state index in [-0.39, 0.29) is 39.7 Å². The summed E-state index contributed by atoms with van der Waals surface area (Å²) in [5, 5.41) is 15.8. The molecule has 2 aromatic carbocycles. The van der Waals surface area contributed by atoms with Gasteiger partial charge in [-0.15, -0.1) is 0 Å². The normalized spacial score (nSPS) is 14.6. The van der Waals surface area contributed by atoms with E-state index in [4.69, 9.17) is 0 Å². The van der Waals surface area contributed by atoms with E-state index >= 15 is 0 Å². The van der Waals surface area contributed by atoms with Crippen molar-refractivity contribution >= 4 is 61.3 Å². The highest BCUT2D eigenvalue weighted by molar-refractivity contribution is 7.22. The molecular weight excluding hydrogens is 526 g/mol. The fourth-order valence-electron chi connectivity index (χ4n) is 4.96. The summed E-state index contributed by atoms with van der Waals surface area (Å²) in [5.41, 5.74) is 0.720. The smallest absolute Gasteiger partial charge is 0.327 e. The van der Waals surface area contributed by atoms with Crippen LogP contribution in [0, 0.1) is 17.6 Å². The first kappa shape index (κ1) is 26.9. The lowest BCUT2D eigenvalue weighted by Gasteiger charge is -2.26. The Morgan fingerprint density at radius 2 is 1.87 bits per heavy atom. The first-order valence-electron chi connectivity index (χ1n) is 12.8. The molecule has 2 heterocycles. The lowest BCUT2D eigenvalue weighted by atomic mass is 9.88. The van der Waals surface area contributed by atoms with Gasteiger partial charge in [-0.1, -0.05) is 30.6 Å². The molecule has 39 heavy (non-hydrogen) atoms. The number of anilines is 3. The number of fused-ring (bicyclic) bond motifs is 2. The molecule has 1 aliphatic carbocycles. The number of nitrogens with zero attached hydrogens (tertiary/aromatic N) is 4. The highest BCUT2D eigenvalue weighted by Crippen LogP contribution is 2.31. The number of benzene rings is 2. The van der Waals surface area contributed by atoms with Gasteiger partial charge in [0.2, 0.25) is 11.9 Å². The molecule has 9 nitrogen and oxygen atoms in total. The maximum Gasteiger partial charge on any atom is 0.327 e. The first-order valence-corrected chi connectivity index (χ1v) is 13.6. The van der Waals surface area contributed by atoms with Gasteiger partial charge in [-0.05, 0) is 51.0 Å². The van der Waals surface area contributed by atoms with E-state index in [1.807, 2.05) is 12.1 Å². The van der Waals surface area contributed by atoms with Crippen molar-refractivity contribution in [1.29, 1.82) is 0 Å². The Morgan fingerprint density at radius 1 is 1.13 bits per heavy atom. The molecular formula is C27H30F2N6O3S. The van der Waals surface area contributed by atoms with Gasteiger partial charge in [-0.25, -0.2) is 23.5 Å². The standard InChI is InChI=1S/C27H30F2N6O3S/c1-27(2,38)14-35-20-10-9-17(34(3)23(36)15-7-5-4-6-8-15)13-19(20)30-24(35)32-25(37)33-26-31-22-18(29)11-16(28)12-21(22)39-26/h9-13,15,38H,4-8,14H2,1-3H3,(H2,30,31,32,33,37). The summed E-state index contributed by atoms with van der Waals surface area (Å²) in [6.07, 6.45) is 5.07.